The number of halogens is 1. The van der Waals surface area contributed by atoms with E-state index in [1.54, 1.807) is 0 Å². The highest BCUT2D eigenvalue weighted by atomic mass is 35.5. The van der Waals surface area contributed by atoms with Crippen molar-refractivity contribution >= 4 is 23.5 Å². The first-order chi connectivity index (χ1) is 15.8. The highest BCUT2D eigenvalue weighted by molar-refractivity contribution is 6.30. The molecule has 0 bridgehead atoms. The minimum atomic E-state index is -1.82. The van der Waals surface area contributed by atoms with Crippen LogP contribution in [0.3, 0.4) is 0 Å². The summed E-state index contributed by atoms with van der Waals surface area (Å²) in [7, 11) is 0. The Balaban J connectivity index is 0.000000801. The van der Waals surface area contributed by atoms with Gasteiger partial charge < -0.3 is 30.1 Å². The van der Waals surface area contributed by atoms with Crippen LogP contribution in [0, 0.1) is 0 Å². The molecule has 4 N–H and O–H groups in total. The van der Waals surface area contributed by atoms with E-state index in [0.29, 0.717) is 37.4 Å². The van der Waals surface area contributed by atoms with Crippen molar-refractivity contribution in [1.29, 1.82) is 0 Å². The molecule has 182 valence electrons. The lowest BCUT2D eigenvalue weighted by Gasteiger charge is -2.20. The zero-order chi connectivity index (χ0) is 24.6. The van der Waals surface area contributed by atoms with Gasteiger partial charge >= 0.3 is 11.9 Å². The monoisotopic (exact) mass is 481 g/mol. The van der Waals surface area contributed by atoms with Crippen molar-refractivity contribution < 1.29 is 34.4 Å². The number of carboxylic acids is 2. The molecule has 9 heteroatoms. The molecule has 2 aromatic carbocycles. The summed E-state index contributed by atoms with van der Waals surface area (Å²) in [6.45, 7) is 6.81. The van der Waals surface area contributed by atoms with Gasteiger partial charge in [-0.15, -0.1) is 0 Å². The van der Waals surface area contributed by atoms with E-state index in [1.165, 1.54) is 5.56 Å². The van der Waals surface area contributed by atoms with Crippen LogP contribution < -0.4 is 10.1 Å². The Morgan fingerprint density at radius 3 is 2.27 bits per heavy atom. The van der Waals surface area contributed by atoms with E-state index in [9.17, 15) is 5.11 Å². The minimum Gasteiger partial charge on any atom is -0.491 e. The van der Waals surface area contributed by atoms with Crippen molar-refractivity contribution in [2.75, 3.05) is 33.0 Å². The molecule has 0 radical (unpaired) electrons. The van der Waals surface area contributed by atoms with E-state index < -0.39 is 11.9 Å². The molecule has 0 aliphatic heterocycles. The third-order valence-corrected chi connectivity index (χ3v) is 4.84. The van der Waals surface area contributed by atoms with Gasteiger partial charge in [0.1, 0.15) is 12.4 Å². The fraction of sp³-hybridized carbons (Fsp3) is 0.417. The number of hydrogen-bond donors (Lipinski definition) is 4. The summed E-state index contributed by atoms with van der Waals surface area (Å²) in [6, 6.07) is 16.2. The summed E-state index contributed by atoms with van der Waals surface area (Å²) < 4.78 is 10.9. The summed E-state index contributed by atoms with van der Waals surface area (Å²) in [5.41, 5.74) is 2.30. The molecule has 0 saturated carbocycles. The smallest absolute Gasteiger partial charge is 0.414 e. The lowest BCUT2D eigenvalue weighted by atomic mass is 9.99. The molecule has 0 heterocycles. The number of hydrogen-bond acceptors (Lipinski definition) is 6. The Morgan fingerprint density at radius 2 is 1.73 bits per heavy atom. The number of nitrogens with one attached hydrogen (secondary N) is 1. The number of rotatable bonds is 12. The molecular formula is C24H32ClNO7. The van der Waals surface area contributed by atoms with Crippen molar-refractivity contribution in [3.63, 3.8) is 0 Å². The number of carboxylic acid groups (broad SMARTS) is 2. The van der Waals surface area contributed by atoms with Crippen LogP contribution in [0.4, 0.5) is 0 Å². The molecule has 0 amide bonds. The Hall–Kier alpha value is -2.65. The number of aliphatic carboxylic acids is 2. The summed E-state index contributed by atoms with van der Waals surface area (Å²) >= 11 is 6.06. The lowest BCUT2D eigenvalue weighted by Crippen LogP contribution is -2.33. The molecule has 0 spiro atoms. The van der Waals surface area contributed by atoms with Crippen LogP contribution in [0.1, 0.15) is 30.9 Å². The minimum absolute atomic E-state index is 0.0345. The van der Waals surface area contributed by atoms with E-state index in [0.717, 1.165) is 17.7 Å². The Bertz CT molecular complexity index is 833. The first kappa shape index (κ1) is 28.4. The molecule has 2 aromatic rings. The molecule has 0 aliphatic rings. The van der Waals surface area contributed by atoms with Crippen LogP contribution >= 0.6 is 11.6 Å². The zero-order valence-electron chi connectivity index (χ0n) is 18.9. The van der Waals surface area contributed by atoms with Crippen LogP contribution in [0.15, 0.2) is 48.5 Å². The highest BCUT2D eigenvalue weighted by Gasteiger charge is 2.13. The quantitative estimate of drug-likeness (QED) is 0.269. The van der Waals surface area contributed by atoms with Gasteiger partial charge in [-0.05, 0) is 55.7 Å². The fourth-order valence-electron chi connectivity index (χ4n) is 2.90. The van der Waals surface area contributed by atoms with Gasteiger partial charge in [0, 0.05) is 30.1 Å². The Morgan fingerprint density at radius 1 is 1.06 bits per heavy atom. The van der Waals surface area contributed by atoms with Crippen LogP contribution in [-0.2, 0) is 20.7 Å². The molecule has 2 rings (SSSR count). The topological polar surface area (TPSA) is 125 Å². The molecule has 33 heavy (non-hydrogen) atoms. The van der Waals surface area contributed by atoms with Gasteiger partial charge in [-0.1, -0.05) is 35.9 Å². The first-order valence-corrected chi connectivity index (χ1v) is 11.0. The maximum atomic E-state index is 9.70. The largest absolute Gasteiger partial charge is 0.491 e. The van der Waals surface area contributed by atoms with E-state index in [2.05, 4.69) is 24.4 Å². The number of aliphatic hydroxyl groups is 1. The van der Waals surface area contributed by atoms with E-state index in [-0.39, 0.29) is 12.5 Å². The van der Waals surface area contributed by atoms with Gasteiger partial charge in [-0.3, -0.25) is 0 Å². The standard InChI is InChI=1S/C22H30ClNO3.C2H2O4/c1-3-26-11-12-27-22-9-7-18(8-10-22)13-17(2)24-15-20(16-25)19-5-4-6-21(23)14-19;3-1(4)2(5)6/h4-10,14,17,20,24-25H,3,11-13,15-16H2,1-2H3;(H,3,4)(H,5,6)/t17-,20?;/m1./s1. The second-order valence-electron chi connectivity index (χ2n) is 7.25. The average molecular weight is 482 g/mol. The van der Waals surface area contributed by atoms with Gasteiger partial charge in [0.2, 0.25) is 0 Å². The number of ether oxygens (including phenoxy) is 2. The van der Waals surface area contributed by atoms with Gasteiger partial charge in [-0.25, -0.2) is 9.59 Å². The third-order valence-electron chi connectivity index (χ3n) is 4.60. The van der Waals surface area contributed by atoms with Crippen LogP contribution in [-0.4, -0.2) is 66.3 Å². The Labute approximate surface area is 199 Å². The number of carbonyl (C=O) groups is 2. The number of benzene rings is 2. The molecule has 0 aromatic heterocycles. The lowest BCUT2D eigenvalue weighted by molar-refractivity contribution is -0.159. The summed E-state index contributed by atoms with van der Waals surface area (Å²) in [6.07, 6.45) is 0.910. The summed E-state index contributed by atoms with van der Waals surface area (Å²) in [5.74, 6) is -2.75. The van der Waals surface area contributed by atoms with E-state index >= 15 is 0 Å². The Kier molecular flexibility index (Phi) is 13.8. The fourth-order valence-corrected chi connectivity index (χ4v) is 3.10. The molecule has 8 nitrogen and oxygen atoms in total. The summed E-state index contributed by atoms with van der Waals surface area (Å²) in [4.78, 5) is 18.2. The van der Waals surface area contributed by atoms with Gasteiger partial charge in [0.25, 0.3) is 0 Å². The van der Waals surface area contributed by atoms with Gasteiger partial charge in [0.05, 0.1) is 13.2 Å². The number of aliphatic hydroxyl groups excluding tert-OH is 1. The van der Waals surface area contributed by atoms with Crippen LogP contribution in [0.2, 0.25) is 5.02 Å². The first-order valence-electron chi connectivity index (χ1n) is 10.6. The molecule has 2 atom stereocenters. The SMILES string of the molecule is CCOCCOc1ccc(C[C@@H](C)NCC(CO)c2cccc(Cl)c2)cc1.O=C(O)C(=O)O. The second kappa shape index (κ2) is 16.0. The van der Waals surface area contributed by atoms with E-state index in [1.807, 2.05) is 43.3 Å². The zero-order valence-corrected chi connectivity index (χ0v) is 19.6. The van der Waals surface area contributed by atoms with Crippen LogP contribution in [0.5, 0.6) is 5.75 Å². The maximum absolute atomic E-state index is 9.70. The highest BCUT2D eigenvalue weighted by Crippen LogP contribution is 2.19. The van der Waals surface area contributed by atoms with Crippen molar-refractivity contribution in [1.82, 2.24) is 5.32 Å². The molecule has 0 saturated heterocycles. The normalized spacial score (nSPS) is 12.2. The third kappa shape index (κ3) is 12.2. The maximum Gasteiger partial charge on any atom is 0.414 e. The van der Waals surface area contributed by atoms with Crippen LogP contribution in [0.25, 0.3) is 0 Å². The van der Waals surface area contributed by atoms with Gasteiger partial charge in [0.15, 0.2) is 0 Å². The van der Waals surface area contributed by atoms with Crippen molar-refractivity contribution in [3.05, 3.63) is 64.7 Å². The van der Waals surface area contributed by atoms with Crippen molar-refractivity contribution in [2.45, 2.75) is 32.2 Å². The molecule has 1 unspecified atom stereocenters. The van der Waals surface area contributed by atoms with Crippen molar-refractivity contribution in [2.24, 2.45) is 0 Å². The predicted molar refractivity (Wildman–Crippen MR) is 126 cm³/mol. The molecular weight excluding hydrogens is 450 g/mol. The average Bonchev–Trinajstić information content (AvgIpc) is 2.78. The summed E-state index contributed by atoms with van der Waals surface area (Å²) in [5, 5.41) is 28.7. The van der Waals surface area contributed by atoms with Gasteiger partial charge in [-0.2, -0.15) is 0 Å². The molecule has 0 fully saturated rings. The van der Waals surface area contributed by atoms with Crippen molar-refractivity contribution in [3.8, 4) is 5.75 Å². The molecule has 0 aliphatic carbocycles. The predicted octanol–water partition coefficient (Wildman–Crippen LogP) is 3.21. The second-order valence-corrected chi connectivity index (χ2v) is 7.68. The van der Waals surface area contributed by atoms with E-state index in [4.69, 9.17) is 40.9 Å².